The molecule has 0 N–H and O–H groups in total. The number of hydrogen-bond donors (Lipinski definition) is 0. The van der Waals surface area contributed by atoms with Crippen LogP contribution in [0.15, 0.2) is 11.6 Å². The first kappa shape index (κ1) is 27.7. The summed E-state index contributed by atoms with van der Waals surface area (Å²) in [5, 5.41) is 2.87. The molecule has 0 aliphatic carbocycles. The van der Waals surface area contributed by atoms with Gasteiger partial charge in [-0.05, 0) is 18.2 Å². The van der Waals surface area contributed by atoms with Crippen molar-refractivity contribution in [2.75, 3.05) is 19.0 Å². The minimum atomic E-state index is 0. The SMILES string of the molecule is Br.CCCCCCCCCCCCCCCCCC1OCC(CN2C=CSC2)S1. The summed E-state index contributed by atoms with van der Waals surface area (Å²) in [6.07, 6.45) is 25.1. The third kappa shape index (κ3) is 14.4. The second-order valence-electron chi connectivity index (χ2n) is 8.61. The minimum absolute atomic E-state index is 0. The molecule has 0 radical (unpaired) electrons. The van der Waals surface area contributed by atoms with Gasteiger partial charge in [0.2, 0.25) is 0 Å². The number of rotatable bonds is 18. The molecule has 2 unspecified atom stereocenters. The molecule has 0 aromatic heterocycles. The molecular formula is C24H46BrNOS2. The number of unbranched alkanes of at least 4 members (excludes halogenated alkanes) is 14. The van der Waals surface area contributed by atoms with Crippen molar-refractivity contribution in [1.29, 1.82) is 0 Å². The van der Waals surface area contributed by atoms with E-state index in [4.69, 9.17) is 4.74 Å². The second kappa shape index (κ2) is 19.4. The van der Waals surface area contributed by atoms with Gasteiger partial charge in [0.15, 0.2) is 0 Å². The molecule has 2 aliphatic rings. The van der Waals surface area contributed by atoms with E-state index in [0.717, 1.165) is 19.0 Å². The lowest BCUT2D eigenvalue weighted by Crippen LogP contribution is -2.24. The standard InChI is InChI=1S/C24H45NOS2.BrH/c1-2-3-4-5-6-7-8-9-10-11-12-13-14-15-16-17-24-26-21-23(28-24)20-25-18-19-27-22-25;/h18-19,23-24H,2-17,20-22H2,1H3;1H. The van der Waals surface area contributed by atoms with Gasteiger partial charge < -0.3 is 9.64 Å². The molecule has 2 heterocycles. The van der Waals surface area contributed by atoms with Crippen molar-refractivity contribution in [3.63, 3.8) is 0 Å². The summed E-state index contributed by atoms with van der Waals surface area (Å²) >= 11 is 3.97. The number of nitrogens with zero attached hydrogens (tertiary/aromatic N) is 1. The molecule has 29 heavy (non-hydrogen) atoms. The van der Waals surface area contributed by atoms with Gasteiger partial charge in [-0.2, -0.15) is 0 Å². The zero-order valence-electron chi connectivity index (χ0n) is 18.8. The third-order valence-corrected chi connectivity index (χ3v) is 8.04. The van der Waals surface area contributed by atoms with Crippen LogP contribution in [0.25, 0.3) is 0 Å². The van der Waals surface area contributed by atoms with Gasteiger partial charge in [-0.1, -0.05) is 96.8 Å². The van der Waals surface area contributed by atoms with Crippen LogP contribution in [0.3, 0.4) is 0 Å². The maximum Gasteiger partial charge on any atom is 0.103 e. The fourth-order valence-electron chi connectivity index (χ4n) is 4.12. The normalized spacial score (nSPS) is 21.1. The van der Waals surface area contributed by atoms with Crippen molar-refractivity contribution < 1.29 is 4.74 Å². The van der Waals surface area contributed by atoms with Crippen LogP contribution in [0.2, 0.25) is 0 Å². The van der Waals surface area contributed by atoms with Gasteiger partial charge in [-0.25, -0.2) is 0 Å². The highest BCUT2D eigenvalue weighted by atomic mass is 79.9. The van der Waals surface area contributed by atoms with E-state index in [9.17, 15) is 0 Å². The monoisotopic (exact) mass is 507 g/mol. The predicted molar refractivity (Wildman–Crippen MR) is 139 cm³/mol. The van der Waals surface area contributed by atoms with Crippen LogP contribution in [0.5, 0.6) is 0 Å². The fourth-order valence-corrected chi connectivity index (χ4v) is 6.17. The highest BCUT2D eigenvalue weighted by molar-refractivity contribution is 8.93. The maximum atomic E-state index is 6.00. The lowest BCUT2D eigenvalue weighted by molar-refractivity contribution is 0.122. The van der Waals surface area contributed by atoms with Gasteiger partial charge >= 0.3 is 0 Å². The van der Waals surface area contributed by atoms with E-state index in [1.165, 1.54) is 103 Å². The molecular weight excluding hydrogens is 462 g/mol. The van der Waals surface area contributed by atoms with Crippen LogP contribution in [0.1, 0.15) is 110 Å². The third-order valence-electron chi connectivity index (χ3n) is 5.90. The van der Waals surface area contributed by atoms with E-state index in [0.29, 0.717) is 10.7 Å². The van der Waals surface area contributed by atoms with E-state index >= 15 is 0 Å². The number of hydrogen-bond acceptors (Lipinski definition) is 4. The first-order valence-electron chi connectivity index (χ1n) is 12.2. The van der Waals surface area contributed by atoms with Gasteiger partial charge in [-0.15, -0.1) is 40.5 Å². The van der Waals surface area contributed by atoms with Gasteiger partial charge in [0, 0.05) is 18.0 Å². The summed E-state index contributed by atoms with van der Waals surface area (Å²) in [5.41, 5.74) is 0.464. The summed E-state index contributed by atoms with van der Waals surface area (Å²) in [5.74, 6) is 1.13. The molecule has 0 saturated carbocycles. The molecule has 2 rings (SSSR count). The summed E-state index contributed by atoms with van der Waals surface area (Å²) in [7, 11) is 0. The molecule has 0 aromatic carbocycles. The van der Waals surface area contributed by atoms with Crippen LogP contribution in [-0.4, -0.2) is 34.6 Å². The van der Waals surface area contributed by atoms with E-state index < -0.39 is 0 Å². The molecule has 172 valence electrons. The lowest BCUT2D eigenvalue weighted by Gasteiger charge is -2.18. The Morgan fingerprint density at radius 1 is 0.828 bits per heavy atom. The first-order chi connectivity index (χ1) is 13.9. The van der Waals surface area contributed by atoms with Crippen LogP contribution >= 0.6 is 40.5 Å². The quantitative estimate of drug-likeness (QED) is 0.172. The van der Waals surface area contributed by atoms with Crippen molar-refractivity contribution in [2.45, 2.75) is 120 Å². The van der Waals surface area contributed by atoms with E-state index in [1.807, 2.05) is 11.8 Å². The van der Waals surface area contributed by atoms with Gasteiger partial charge in [-0.3, -0.25) is 0 Å². The fraction of sp³-hybridized carbons (Fsp3) is 0.917. The van der Waals surface area contributed by atoms with Crippen molar-refractivity contribution in [2.24, 2.45) is 0 Å². The van der Waals surface area contributed by atoms with Gasteiger partial charge in [0.25, 0.3) is 0 Å². The Bertz CT molecular complexity index is 397. The van der Waals surface area contributed by atoms with Crippen LogP contribution in [-0.2, 0) is 4.74 Å². The Morgan fingerprint density at radius 3 is 1.90 bits per heavy atom. The van der Waals surface area contributed by atoms with Crippen LogP contribution in [0, 0.1) is 0 Å². The molecule has 0 bridgehead atoms. The lowest BCUT2D eigenvalue weighted by atomic mass is 10.0. The summed E-state index contributed by atoms with van der Waals surface area (Å²) in [4.78, 5) is 2.42. The summed E-state index contributed by atoms with van der Waals surface area (Å²) in [6, 6.07) is 0. The Kier molecular flexibility index (Phi) is 18.5. The number of thioether (sulfide) groups is 2. The summed E-state index contributed by atoms with van der Waals surface area (Å²) < 4.78 is 6.00. The molecule has 1 fully saturated rings. The molecule has 2 atom stereocenters. The maximum absolute atomic E-state index is 6.00. The first-order valence-corrected chi connectivity index (χ1v) is 14.2. The number of halogens is 1. The molecule has 5 heteroatoms. The van der Waals surface area contributed by atoms with Crippen molar-refractivity contribution >= 4 is 40.5 Å². The Balaban J connectivity index is 0.00000420. The minimum Gasteiger partial charge on any atom is -0.366 e. The van der Waals surface area contributed by atoms with Crippen molar-refractivity contribution in [3.8, 4) is 0 Å². The molecule has 1 saturated heterocycles. The van der Waals surface area contributed by atoms with Gasteiger partial charge in [0.1, 0.15) is 5.44 Å². The zero-order valence-corrected chi connectivity index (χ0v) is 22.2. The number of ether oxygens (including phenoxy) is 1. The Morgan fingerprint density at radius 2 is 1.38 bits per heavy atom. The average Bonchev–Trinajstić information content (AvgIpc) is 3.37. The highest BCUT2D eigenvalue weighted by Crippen LogP contribution is 2.32. The van der Waals surface area contributed by atoms with Gasteiger partial charge in [0.05, 0.1) is 12.5 Å². The predicted octanol–water partition coefficient (Wildman–Crippen LogP) is 8.76. The molecule has 0 aromatic rings. The smallest absolute Gasteiger partial charge is 0.103 e. The second-order valence-corrected chi connectivity index (χ2v) is 10.9. The Labute approximate surface area is 200 Å². The topological polar surface area (TPSA) is 12.5 Å². The van der Waals surface area contributed by atoms with Crippen molar-refractivity contribution in [3.05, 3.63) is 11.6 Å². The van der Waals surface area contributed by atoms with E-state index in [1.54, 1.807) is 0 Å². The average molecular weight is 509 g/mol. The molecule has 2 nitrogen and oxygen atoms in total. The Hall–Kier alpha value is 0.680. The molecule has 2 aliphatic heterocycles. The molecule has 0 amide bonds. The zero-order chi connectivity index (χ0) is 19.7. The largest absolute Gasteiger partial charge is 0.366 e. The molecule has 0 spiro atoms. The van der Waals surface area contributed by atoms with Crippen LogP contribution < -0.4 is 0 Å². The van der Waals surface area contributed by atoms with Crippen LogP contribution in [0.4, 0.5) is 0 Å². The van der Waals surface area contributed by atoms with E-state index in [2.05, 4.69) is 35.2 Å². The highest BCUT2D eigenvalue weighted by Gasteiger charge is 2.27. The summed E-state index contributed by atoms with van der Waals surface area (Å²) in [6.45, 7) is 4.40. The van der Waals surface area contributed by atoms with E-state index in [-0.39, 0.29) is 17.0 Å². The van der Waals surface area contributed by atoms with Crippen molar-refractivity contribution in [1.82, 2.24) is 4.90 Å².